The van der Waals surface area contributed by atoms with Gasteiger partial charge in [0.25, 0.3) is 0 Å². The molecule has 1 atom stereocenters. The molecule has 1 unspecified atom stereocenters. The molecule has 2 heteroatoms. The van der Waals surface area contributed by atoms with Gasteiger partial charge in [0, 0.05) is 32.0 Å². The zero-order chi connectivity index (χ0) is 11.4. The van der Waals surface area contributed by atoms with Crippen molar-refractivity contribution in [3.63, 3.8) is 0 Å². The molecule has 0 N–H and O–H groups in total. The Balaban J connectivity index is 1.84. The van der Waals surface area contributed by atoms with E-state index in [9.17, 15) is 4.79 Å². The van der Waals surface area contributed by atoms with E-state index in [1.54, 1.807) is 0 Å². The van der Waals surface area contributed by atoms with Crippen molar-refractivity contribution in [2.75, 3.05) is 13.1 Å². The van der Waals surface area contributed by atoms with Crippen molar-refractivity contribution < 1.29 is 4.79 Å². The highest BCUT2D eigenvalue weighted by Crippen LogP contribution is 2.14. The maximum atomic E-state index is 11.3. The number of carbonyl (C=O) groups excluding carboxylic acids is 1. The lowest BCUT2D eigenvalue weighted by atomic mass is 10.0. The maximum Gasteiger partial charge on any atom is 0.135 e. The number of Topliss-reactive ketones (excluding diaryl/α,β-unsaturated/α-hetero) is 1. The summed E-state index contributed by atoms with van der Waals surface area (Å²) in [6.07, 6.45) is 2.55. The molecule has 1 aliphatic rings. The fraction of sp³-hybridized carbons (Fsp3) is 0.500. The van der Waals surface area contributed by atoms with E-state index in [-0.39, 0.29) is 0 Å². The summed E-state index contributed by atoms with van der Waals surface area (Å²) in [5.41, 5.74) is 1.38. The molecule has 0 bridgehead atoms. The molecule has 1 saturated heterocycles. The molecule has 2 rings (SSSR count). The van der Waals surface area contributed by atoms with Gasteiger partial charge in [-0.2, -0.15) is 0 Å². The minimum absolute atomic E-state index is 0.420. The van der Waals surface area contributed by atoms with Crippen LogP contribution in [-0.4, -0.2) is 29.8 Å². The van der Waals surface area contributed by atoms with Gasteiger partial charge in [-0.1, -0.05) is 30.3 Å². The predicted molar refractivity (Wildman–Crippen MR) is 65.4 cm³/mol. The minimum atomic E-state index is 0.420. The number of piperidine rings is 1. The van der Waals surface area contributed by atoms with E-state index in [1.807, 2.05) is 6.07 Å². The standard InChI is InChI=1S/C14H19NO/c1-12-11-14(16)8-10-15(12)9-7-13-5-3-2-4-6-13/h2-6,12H,7-11H2,1H3. The third kappa shape index (κ3) is 2.92. The van der Waals surface area contributed by atoms with E-state index in [1.165, 1.54) is 5.56 Å². The first-order valence-corrected chi connectivity index (χ1v) is 6.05. The highest BCUT2D eigenvalue weighted by Gasteiger charge is 2.22. The van der Waals surface area contributed by atoms with Crippen LogP contribution >= 0.6 is 0 Å². The minimum Gasteiger partial charge on any atom is -0.300 e. The molecule has 1 aliphatic heterocycles. The number of benzene rings is 1. The van der Waals surface area contributed by atoms with Crippen molar-refractivity contribution in [2.24, 2.45) is 0 Å². The van der Waals surface area contributed by atoms with Gasteiger partial charge in [0.2, 0.25) is 0 Å². The summed E-state index contributed by atoms with van der Waals surface area (Å²) in [4.78, 5) is 13.7. The molecule has 1 heterocycles. The lowest BCUT2D eigenvalue weighted by Gasteiger charge is -2.32. The van der Waals surface area contributed by atoms with Crippen molar-refractivity contribution in [2.45, 2.75) is 32.2 Å². The summed E-state index contributed by atoms with van der Waals surface area (Å²) >= 11 is 0. The van der Waals surface area contributed by atoms with E-state index in [4.69, 9.17) is 0 Å². The molecule has 0 amide bonds. The van der Waals surface area contributed by atoms with Crippen LogP contribution < -0.4 is 0 Å². The van der Waals surface area contributed by atoms with Crippen LogP contribution in [0.15, 0.2) is 30.3 Å². The van der Waals surface area contributed by atoms with Gasteiger partial charge < -0.3 is 0 Å². The number of hydrogen-bond acceptors (Lipinski definition) is 2. The Hall–Kier alpha value is -1.15. The third-order valence-electron chi connectivity index (χ3n) is 3.35. The fourth-order valence-corrected chi connectivity index (χ4v) is 2.30. The third-order valence-corrected chi connectivity index (χ3v) is 3.35. The Morgan fingerprint density at radius 1 is 1.31 bits per heavy atom. The Morgan fingerprint density at radius 3 is 2.75 bits per heavy atom. The van der Waals surface area contributed by atoms with Crippen LogP contribution in [0.2, 0.25) is 0 Å². The summed E-state index contributed by atoms with van der Waals surface area (Å²) in [6.45, 7) is 4.16. The smallest absolute Gasteiger partial charge is 0.135 e. The summed E-state index contributed by atoms with van der Waals surface area (Å²) in [6, 6.07) is 11.0. The van der Waals surface area contributed by atoms with Crippen molar-refractivity contribution in [3.8, 4) is 0 Å². The van der Waals surface area contributed by atoms with Gasteiger partial charge in [0.15, 0.2) is 0 Å². The zero-order valence-electron chi connectivity index (χ0n) is 9.86. The molecule has 0 radical (unpaired) electrons. The van der Waals surface area contributed by atoms with Crippen LogP contribution in [0, 0.1) is 0 Å². The molecule has 1 aromatic rings. The van der Waals surface area contributed by atoms with Crippen molar-refractivity contribution in [3.05, 3.63) is 35.9 Å². The Kier molecular flexibility index (Phi) is 3.73. The molecule has 86 valence electrons. The quantitative estimate of drug-likeness (QED) is 0.774. The predicted octanol–water partition coefficient (Wildman–Crippen LogP) is 2.28. The summed E-state index contributed by atoms with van der Waals surface area (Å²) in [7, 11) is 0. The van der Waals surface area contributed by atoms with Crippen LogP contribution in [0.5, 0.6) is 0 Å². The van der Waals surface area contributed by atoms with Gasteiger partial charge in [-0.05, 0) is 18.9 Å². The molecule has 0 saturated carbocycles. The monoisotopic (exact) mass is 217 g/mol. The molecule has 0 aromatic heterocycles. The largest absolute Gasteiger partial charge is 0.300 e. The number of carbonyl (C=O) groups is 1. The fourth-order valence-electron chi connectivity index (χ4n) is 2.30. The second-order valence-electron chi connectivity index (χ2n) is 4.61. The van der Waals surface area contributed by atoms with Gasteiger partial charge in [0.1, 0.15) is 5.78 Å². The summed E-state index contributed by atoms with van der Waals surface area (Å²) < 4.78 is 0. The van der Waals surface area contributed by atoms with E-state index in [0.29, 0.717) is 11.8 Å². The maximum absolute atomic E-state index is 11.3. The van der Waals surface area contributed by atoms with Crippen LogP contribution in [0.25, 0.3) is 0 Å². The first-order valence-electron chi connectivity index (χ1n) is 6.05. The molecule has 16 heavy (non-hydrogen) atoms. The number of rotatable bonds is 3. The second kappa shape index (κ2) is 5.26. The highest BCUT2D eigenvalue weighted by atomic mass is 16.1. The Labute approximate surface area is 97.3 Å². The summed E-state index contributed by atoms with van der Waals surface area (Å²) in [5, 5.41) is 0. The highest BCUT2D eigenvalue weighted by molar-refractivity contribution is 5.79. The van der Waals surface area contributed by atoms with Gasteiger partial charge in [-0.25, -0.2) is 0 Å². The summed E-state index contributed by atoms with van der Waals surface area (Å²) in [5.74, 6) is 0.420. The first-order chi connectivity index (χ1) is 7.75. The molecule has 0 aliphatic carbocycles. The van der Waals surface area contributed by atoms with Crippen molar-refractivity contribution >= 4 is 5.78 Å². The Bertz CT molecular complexity index is 347. The lowest BCUT2D eigenvalue weighted by molar-refractivity contribution is -0.122. The molecule has 1 aromatic carbocycles. The van der Waals surface area contributed by atoms with Gasteiger partial charge >= 0.3 is 0 Å². The van der Waals surface area contributed by atoms with Crippen molar-refractivity contribution in [1.82, 2.24) is 4.90 Å². The topological polar surface area (TPSA) is 20.3 Å². The average Bonchev–Trinajstić information content (AvgIpc) is 2.29. The number of likely N-dealkylation sites (tertiary alicyclic amines) is 1. The molecule has 2 nitrogen and oxygen atoms in total. The van der Waals surface area contributed by atoms with Crippen LogP contribution in [0.1, 0.15) is 25.3 Å². The van der Waals surface area contributed by atoms with Gasteiger partial charge in [0.05, 0.1) is 0 Å². The van der Waals surface area contributed by atoms with E-state index in [2.05, 4.69) is 36.1 Å². The zero-order valence-corrected chi connectivity index (χ0v) is 9.86. The molecule has 1 fully saturated rings. The first kappa shape index (κ1) is 11.3. The normalized spacial score (nSPS) is 22.3. The van der Waals surface area contributed by atoms with E-state index >= 15 is 0 Å². The lowest BCUT2D eigenvalue weighted by Crippen LogP contribution is -2.41. The molecule has 0 spiro atoms. The van der Waals surface area contributed by atoms with Crippen LogP contribution in [0.4, 0.5) is 0 Å². The average molecular weight is 217 g/mol. The number of ketones is 1. The SMILES string of the molecule is CC1CC(=O)CCN1CCc1ccccc1. The van der Waals surface area contributed by atoms with E-state index in [0.717, 1.165) is 32.4 Å². The number of hydrogen-bond donors (Lipinski definition) is 0. The second-order valence-corrected chi connectivity index (χ2v) is 4.61. The number of nitrogens with zero attached hydrogens (tertiary/aromatic N) is 1. The van der Waals surface area contributed by atoms with Crippen LogP contribution in [0.3, 0.4) is 0 Å². The van der Waals surface area contributed by atoms with Crippen LogP contribution in [-0.2, 0) is 11.2 Å². The van der Waals surface area contributed by atoms with E-state index < -0.39 is 0 Å². The Morgan fingerprint density at radius 2 is 2.06 bits per heavy atom. The van der Waals surface area contributed by atoms with Gasteiger partial charge in [-0.3, -0.25) is 9.69 Å². The molecular formula is C14H19NO. The van der Waals surface area contributed by atoms with Crippen molar-refractivity contribution in [1.29, 1.82) is 0 Å². The van der Waals surface area contributed by atoms with Gasteiger partial charge in [-0.15, -0.1) is 0 Å². The molecular weight excluding hydrogens is 198 g/mol.